The number of cyclic esters (lactones) is 1. The van der Waals surface area contributed by atoms with E-state index in [0.717, 1.165) is 21.6 Å². The summed E-state index contributed by atoms with van der Waals surface area (Å²) >= 11 is 7.44. The molecule has 2 nitrogen and oxygen atoms in total. The van der Waals surface area contributed by atoms with Crippen LogP contribution in [0.5, 0.6) is 0 Å². The number of rotatable bonds is 2. The third kappa shape index (κ3) is 2.20. The second-order valence-corrected chi connectivity index (χ2v) is 6.06. The van der Waals surface area contributed by atoms with Crippen LogP contribution < -0.4 is 0 Å². The summed E-state index contributed by atoms with van der Waals surface area (Å²) in [5.74, 6) is -0.256. The molecule has 4 heteroatoms. The van der Waals surface area contributed by atoms with Crippen molar-refractivity contribution in [1.29, 1.82) is 0 Å². The van der Waals surface area contributed by atoms with Crippen molar-refractivity contribution in [3.05, 3.63) is 56.7 Å². The molecule has 0 unspecified atom stereocenters. The van der Waals surface area contributed by atoms with Gasteiger partial charge in [-0.15, -0.1) is 11.3 Å². The molecule has 0 fully saturated rings. The molecule has 0 N–H and O–H groups in total. The Morgan fingerprint density at radius 1 is 1.21 bits per heavy atom. The lowest BCUT2D eigenvalue weighted by atomic mass is 9.97. The number of carbonyl (C=O) groups is 1. The molecule has 2 heterocycles. The summed E-state index contributed by atoms with van der Waals surface area (Å²) in [5.41, 5.74) is 3.59. The van der Waals surface area contributed by atoms with E-state index in [2.05, 4.69) is 0 Å². The van der Waals surface area contributed by atoms with Crippen LogP contribution in [-0.2, 0) is 9.53 Å². The van der Waals surface area contributed by atoms with Gasteiger partial charge < -0.3 is 4.74 Å². The summed E-state index contributed by atoms with van der Waals surface area (Å²) in [4.78, 5) is 13.0. The van der Waals surface area contributed by atoms with Gasteiger partial charge >= 0.3 is 5.97 Å². The largest absolute Gasteiger partial charge is 0.457 e. The molecule has 0 atom stereocenters. The van der Waals surface area contributed by atoms with Crippen LogP contribution in [0.15, 0.2) is 36.4 Å². The van der Waals surface area contributed by atoms with E-state index in [-0.39, 0.29) is 5.97 Å². The molecular weight excluding hydrogens is 280 g/mol. The van der Waals surface area contributed by atoms with Gasteiger partial charge in [-0.3, -0.25) is 0 Å². The molecule has 3 rings (SSSR count). The number of ether oxygens (including phenoxy) is 1. The Labute approximate surface area is 120 Å². The third-order valence-electron chi connectivity index (χ3n) is 3.14. The molecule has 0 bridgehead atoms. The molecule has 19 heavy (non-hydrogen) atoms. The fourth-order valence-electron chi connectivity index (χ4n) is 2.20. The van der Waals surface area contributed by atoms with Crippen molar-refractivity contribution >= 4 is 40.1 Å². The maximum Gasteiger partial charge on any atom is 0.339 e. The first-order valence-corrected chi connectivity index (χ1v) is 7.08. The van der Waals surface area contributed by atoms with Crippen molar-refractivity contribution in [3.8, 4) is 0 Å². The minimum Gasteiger partial charge on any atom is -0.457 e. The molecule has 0 aliphatic carbocycles. The highest BCUT2D eigenvalue weighted by atomic mass is 35.5. The molecule has 0 amide bonds. The van der Waals surface area contributed by atoms with Crippen LogP contribution in [0.3, 0.4) is 0 Å². The Balaban J connectivity index is 2.19. The smallest absolute Gasteiger partial charge is 0.339 e. The molecule has 1 aromatic carbocycles. The summed E-state index contributed by atoms with van der Waals surface area (Å²) in [5, 5.41) is 0. The van der Waals surface area contributed by atoms with Gasteiger partial charge in [0.2, 0.25) is 0 Å². The molecule has 0 saturated heterocycles. The van der Waals surface area contributed by atoms with E-state index < -0.39 is 0 Å². The Kier molecular flexibility index (Phi) is 3.17. The van der Waals surface area contributed by atoms with Crippen LogP contribution in [0.4, 0.5) is 0 Å². The number of aryl methyl sites for hydroxylation is 1. The van der Waals surface area contributed by atoms with Gasteiger partial charge in [0, 0.05) is 10.5 Å². The molecule has 1 aromatic heterocycles. The average Bonchev–Trinajstić information content (AvgIpc) is 2.96. The number of carbonyl (C=O) groups excluding carboxylic acids is 1. The SMILES string of the molecule is Cc1ccccc1C1=C(c2ccc(Cl)s2)COC1=O. The first-order chi connectivity index (χ1) is 9.16. The van der Waals surface area contributed by atoms with Gasteiger partial charge in [-0.1, -0.05) is 35.9 Å². The van der Waals surface area contributed by atoms with E-state index in [1.807, 2.05) is 43.3 Å². The Morgan fingerprint density at radius 2 is 2.00 bits per heavy atom. The van der Waals surface area contributed by atoms with Gasteiger partial charge in [-0.25, -0.2) is 4.79 Å². The predicted molar refractivity (Wildman–Crippen MR) is 78.3 cm³/mol. The molecule has 1 aliphatic heterocycles. The van der Waals surface area contributed by atoms with Crippen LogP contribution in [0.1, 0.15) is 16.0 Å². The monoisotopic (exact) mass is 290 g/mol. The first kappa shape index (κ1) is 12.5. The summed E-state index contributed by atoms with van der Waals surface area (Å²) < 4.78 is 5.92. The van der Waals surface area contributed by atoms with Crippen LogP contribution in [0, 0.1) is 6.92 Å². The van der Waals surface area contributed by atoms with Crippen LogP contribution in [0.25, 0.3) is 11.1 Å². The van der Waals surface area contributed by atoms with Crippen molar-refractivity contribution in [1.82, 2.24) is 0 Å². The van der Waals surface area contributed by atoms with E-state index in [1.54, 1.807) is 0 Å². The topological polar surface area (TPSA) is 26.3 Å². The summed E-state index contributed by atoms with van der Waals surface area (Å²) in [6.07, 6.45) is 0. The molecule has 96 valence electrons. The number of esters is 1. The second kappa shape index (κ2) is 4.83. The van der Waals surface area contributed by atoms with Crippen molar-refractivity contribution in [2.24, 2.45) is 0 Å². The van der Waals surface area contributed by atoms with E-state index >= 15 is 0 Å². The number of benzene rings is 1. The van der Waals surface area contributed by atoms with Crippen LogP contribution >= 0.6 is 22.9 Å². The second-order valence-electron chi connectivity index (χ2n) is 4.35. The third-order valence-corrected chi connectivity index (χ3v) is 4.43. The van der Waals surface area contributed by atoms with Crippen molar-refractivity contribution in [2.75, 3.05) is 6.61 Å². The zero-order valence-electron chi connectivity index (χ0n) is 10.3. The Hall–Kier alpha value is -1.58. The molecule has 1 aliphatic rings. The lowest BCUT2D eigenvalue weighted by Crippen LogP contribution is -2.00. The zero-order valence-corrected chi connectivity index (χ0v) is 11.8. The van der Waals surface area contributed by atoms with Gasteiger partial charge in [0.05, 0.1) is 9.91 Å². The molecule has 0 spiro atoms. The molecular formula is C15H11ClO2S. The molecule has 0 saturated carbocycles. The number of hydrogen-bond donors (Lipinski definition) is 0. The minimum atomic E-state index is -0.256. The number of thiophene rings is 1. The van der Waals surface area contributed by atoms with Gasteiger partial charge in [-0.05, 0) is 30.2 Å². The Bertz CT molecular complexity index is 685. The van der Waals surface area contributed by atoms with Crippen molar-refractivity contribution in [3.63, 3.8) is 0 Å². The van der Waals surface area contributed by atoms with Gasteiger partial charge in [0.25, 0.3) is 0 Å². The lowest BCUT2D eigenvalue weighted by Gasteiger charge is -2.05. The van der Waals surface area contributed by atoms with Crippen molar-refractivity contribution in [2.45, 2.75) is 6.92 Å². The maximum atomic E-state index is 12.0. The van der Waals surface area contributed by atoms with Crippen LogP contribution in [-0.4, -0.2) is 12.6 Å². The summed E-state index contributed by atoms with van der Waals surface area (Å²) in [6, 6.07) is 11.6. The quantitative estimate of drug-likeness (QED) is 0.776. The van der Waals surface area contributed by atoms with E-state index in [4.69, 9.17) is 16.3 Å². The van der Waals surface area contributed by atoms with E-state index in [0.29, 0.717) is 16.5 Å². The minimum absolute atomic E-state index is 0.256. The van der Waals surface area contributed by atoms with Crippen molar-refractivity contribution < 1.29 is 9.53 Å². The molecule has 2 aromatic rings. The zero-order chi connectivity index (χ0) is 13.4. The molecule has 0 radical (unpaired) electrons. The normalized spacial score (nSPS) is 14.9. The lowest BCUT2D eigenvalue weighted by molar-refractivity contribution is -0.133. The van der Waals surface area contributed by atoms with Gasteiger partial charge in [-0.2, -0.15) is 0 Å². The standard InChI is InChI=1S/C15H11ClO2S/c1-9-4-2-3-5-10(9)14-11(8-18-15(14)17)12-6-7-13(16)19-12/h2-7H,8H2,1H3. The van der Waals surface area contributed by atoms with Gasteiger partial charge in [0.1, 0.15) is 6.61 Å². The number of halogens is 1. The Morgan fingerprint density at radius 3 is 2.68 bits per heavy atom. The fourth-order valence-corrected chi connectivity index (χ4v) is 3.28. The van der Waals surface area contributed by atoms with E-state index in [1.165, 1.54) is 11.3 Å². The average molecular weight is 291 g/mol. The van der Waals surface area contributed by atoms with Gasteiger partial charge in [0.15, 0.2) is 0 Å². The summed E-state index contributed by atoms with van der Waals surface area (Å²) in [7, 11) is 0. The maximum absolute atomic E-state index is 12.0. The predicted octanol–water partition coefficient (Wildman–Crippen LogP) is 4.18. The first-order valence-electron chi connectivity index (χ1n) is 5.89. The highest BCUT2D eigenvalue weighted by molar-refractivity contribution is 7.17. The summed E-state index contributed by atoms with van der Waals surface area (Å²) in [6.45, 7) is 2.31. The van der Waals surface area contributed by atoms with Crippen LogP contribution in [0.2, 0.25) is 4.34 Å². The number of hydrogen-bond acceptors (Lipinski definition) is 3. The van der Waals surface area contributed by atoms with E-state index in [9.17, 15) is 4.79 Å². The highest BCUT2D eigenvalue weighted by Gasteiger charge is 2.28. The fraction of sp³-hybridized carbons (Fsp3) is 0.133. The highest BCUT2D eigenvalue weighted by Crippen LogP contribution is 2.37.